The number of aromatic nitrogens is 2. The number of aryl methyl sites for hydroxylation is 3. The highest BCUT2D eigenvalue weighted by atomic mass is 16.5. The van der Waals surface area contributed by atoms with E-state index in [4.69, 9.17) is 4.74 Å². The predicted molar refractivity (Wildman–Crippen MR) is 103 cm³/mol. The van der Waals surface area contributed by atoms with Crippen LogP contribution in [0, 0.1) is 13.8 Å². The highest BCUT2D eigenvalue weighted by Gasteiger charge is 2.09. The lowest BCUT2D eigenvalue weighted by molar-refractivity contribution is -0.109. The predicted octanol–water partition coefficient (Wildman–Crippen LogP) is 3.76. The van der Waals surface area contributed by atoms with Crippen LogP contribution in [0.4, 0.5) is 0 Å². The molecule has 3 rings (SSSR count). The zero-order valence-corrected chi connectivity index (χ0v) is 15.4. The molecule has 5 nitrogen and oxygen atoms in total. The van der Waals surface area contributed by atoms with E-state index in [2.05, 4.69) is 46.9 Å². The molecule has 0 unspecified atom stereocenters. The number of fused-ring (bicyclic) bond motifs is 1. The Balaban J connectivity index is 1.58. The van der Waals surface area contributed by atoms with Crippen molar-refractivity contribution in [2.45, 2.75) is 39.8 Å². The lowest BCUT2D eigenvalue weighted by Gasteiger charge is -2.11. The zero-order valence-electron chi connectivity index (χ0n) is 15.4. The third-order valence-electron chi connectivity index (χ3n) is 4.44. The van der Waals surface area contributed by atoms with Gasteiger partial charge in [-0.2, -0.15) is 0 Å². The number of rotatable bonds is 9. The number of carbonyl (C=O) groups is 1. The molecule has 0 saturated carbocycles. The summed E-state index contributed by atoms with van der Waals surface area (Å²) in [7, 11) is 0. The molecule has 0 saturated heterocycles. The Morgan fingerprint density at radius 2 is 2.00 bits per heavy atom. The first kappa shape index (κ1) is 18.0. The summed E-state index contributed by atoms with van der Waals surface area (Å²) in [5.74, 6) is 1.84. The third-order valence-corrected chi connectivity index (χ3v) is 4.44. The van der Waals surface area contributed by atoms with E-state index < -0.39 is 0 Å². The number of hydrogen-bond donors (Lipinski definition) is 1. The topological polar surface area (TPSA) is 56.1 Å². The molecule has 0 bridgehead atoms. The van der Waals surface area contributed by atoms with Crippen molar-refractivity contribution in [3.8, 4) is 5.75 Å². The lowest BCUT2D eigenvalue weighted by atomic mass is 10.1. The molecule has 3 aromatic rings. The van der Waals surface area contributed by atoms with Crippen molar-refractivity contribution in [2.75, 3.05) is 6.61 Å². The van der Waals surface area contributed by atoms with Crippen LogP contribution in [-0.4, -0.2) is 22.6 Å². The standard InChI is InChI=1S/C21H25N3O2/c1-16-9-10-20(17(2)13-16)26-12-6-5-11-24-19-8-4-3-7-18(19)23-21(24)14-22-15-25/h3-4,7-10,13,15H,5-6,11-12,14H2,1-2H3,(H,22,25). The number of ether oxygens (including phenoxy) is 1. The number of para-hydroxylation sites is 2. The van der Waals surface area contributed by atoms with Crippen molar-refractivity contribution in [1.29, 1.82) is 0 Å². The SMILES string of the molecule is Cc1ccc(OCCCCn2c(CNC=O)nc3ccccc32)c(C)c1. The van der Waals surface area contributed by atoms with Gasteiger partial charge in [-0.05, 0) is 50.5 Å². The van der Waals surface area contributed by atoms with Crippen LogP contribution in [0.1, 0.15) is 29.8 Å². The normalized spacial score (nSPS) is 10.8. The number of benzene rings is 2. The highest BCUT2D eigenvalue weighted by molar-refractivity contribution is 5.75. The average molecular weight is 351 g/mol. The largest absolute Gasteiger partial charge is 0.493 e. The molecule has 0 aliphatic rings. The summed E-state index contributed by atoms with van der Waals surface area (Å²) in [4.78, 5) is 15.2. The molecule has 0 fully saturated rings. The number of nitrogens with one attached hydrogen (secondary N) is 1. The van der Waals surface area contributed by atoms with Crippen molar-refractivity contribution in [1.82, 2.24) is 14.9 Å². The molecular weight excluding hydrogens is 326 g/mol. The van der Waals surface area contributed by atoms with Crippen LogP contribution >= 0.6 is 0 Å². The van der Waals surface area contributed by atoms with Crippen LogP contribution in [0.3, 0.4) is 0 Å². The van der Waals surface area contributed by atoms with Crippen LogP contribution in [0.25, 0.3) is 11.0 Å². The van der Waals surface area contributed by atoms with E-state index in [-0.39, 0.29) is 0 Å². The van der Waals surface area contributed by atoms with Gasteiger partial charge in [0.25, 0.3) is 0 Å². The Labute approximate surface area is 154 Å². The van der Waals surface area contributed by atoms with Gasteiger partial charge in [0.2, 0.25) is 6.41 Å². The maximum atomic E-state index is 10.6. The summed E-state index contributed by atoms with van der Waals surface area (Å²) < 4.78 is 8.09. The summed E-state index contributed by atoms with van der Waals surface area (Å²) in [6, 6.07) is 14.3. The van der Waals surface area contributed by atoms with Gasteiger partial charge in [-0.25, -0.2) is 4.98 Å². The Kier molecular flexibility index (Phi) is 5.89. The van der Waals surface area contributed by atoms with Crippen molar-refractivity contribution in [3.63, 3.8) is 0 Å². The van der Waals surface area contributed by atoms with Gasteiger partial charge in [0.1, 0.15) is 11.6 Å². The lowest BCUT2D eigenvalue weighted by Crippen LogP contribution is -2.15. The minimum Gasteiger partial charge on any atom is -0.493 e. The molecule has 0 spiro atoms. The second-order valence-electron chi connectivity index (χ2n) is 6.49. The summed E-state index contributed by atoms with van der Waals surface area (Å²) in [6.07, 6.45) is 2.65. The van der Waals surface area contributed by atoms with Gasteiger partial charge in [0, 0.05) is 6.54 Å². The van der Waals surface area contributed by atoms with Crippen LogP contribution in [-0.2, 0) is 17.9 Å². The van der Waals surface area contributed by atoms with Crippen molar-refractivity contribution in [3.05, 3.63) is 59.4 Å². The fraction of sp³-hybridized carbons (Fsp3) is 0.333. The van der Waals surface area contributed by atoms with Gasteiger partial charge in [0.15, 0.2) is 0 Å². The maximum Gasteiger partial charge on any atom is 0.207 e. The molecule has 1 amide bonds. The second kappa shape index (κ2) is 8.52. The van der Waals surface area contributed by atoms with Gasteiger partial charge in [-0.3, -0.25) is 4.79 Å². The number of amides is 1. The van der Waals surface area contributed by atoms with Crippen LogP contribution < -0.4 is 10.1 Å². The quantitative estimate of drug-likeness (QED) is 0.472. The summed E-state index contributed by atoms with van der Waals surface area (Å²) in [5, 5.41) is 2.71. The fourth-order valence-corrected chi connectivity index (χ4v) is 3.16. The molecule has 1 heterocycles. The molecule has 0 atom stereocenters. The van der Waals surface area contributed by atoms with Gasteiger partial charge < -0.3 is 14.6 Å². The molecule has 0 aliphatic carbocycles. The first-order valence-corrected chi connectivity index (χ1v) is 9.00. The van der Waals surface area contributed by atoms with E-state index in [9.17, 15) is 4.79 Å². The third kappa shape index (κ3) is 4.23. The Bertz CT molecular complexity index is 886. The number of nitrogens with zero attached hydrogens (tertiary/aromatic N) is 2. The summed E-state index contributed by atoms with van der Waals surface area (Å²) >= 11 is 0. The molecule has 1 N–H and O–H groups in total. The molecule has 5 heteroatoms. The van der Waals surface area contributed by atoms with Crippen molar-refractivity contribution in [2.24, 2.45) is 0 Å². The number of unbranched alkanes of at least 4 members (excludes halogenated alkanes) is 1. The molecule has 136 valence electrons. The van der Waals surface area contributed by atoms with Crippen LogP contribution in [0.5, 0.6) is 5.75 Å². The minimum atomic E-state index is 0.442. The molecule has 2 aromatic carbocycles. The van der Waals surface area contributed by atoms with Crippen molar-refractivity contribution < 1.29 is 9.53 Å². The molecule has 1 aromatic heterocycles. The number of imidazole rings is 1. The summed E-state index contributed by atoms with van der Waals surface area (Å²) in [6.45, 7) is 6.15. The first-order chi connectivity index (χ1) is 12.7. The Morgan fingerprint density at radius 3 is 2.81 bits per heavy atom. The van der Waals surface area contributed by atoms with Crippen LogP contribution in [0.2, 0.25) is 0 Å². The van der Waals surface area contributed by atoms with Gasteiger partial charge >= 0.3 is 0 Å². The van der Waals surface area contributed by atoms with E-state index in [0.29, 0.717) is 19.6 Å². The van der Waals surface area contributed by atoms with Crippen molar-refractivity contribution >= 4 is 17.4 Å². The number of hydrogen-bond acceptors (Lipinski definition) is 3. The molecule has 0 aliphatic heterocycles. The highest BCUT2D eigenvalue weighted by Crippen LogP contribution is 2.20. The average Bonchev–Trinajstić information content (AvgIpc) is 2.99. The zero-order chi connectivity index (χ0) is 18.4. The first-order valence-electron chi connectivity index (χ1n) is 9.00. The fourth-order valence-electron chi connectivity index (χ4n) is 3.16. The smallest absolute Gasteiger partial charge is 0.207 e. The van der Waals surface area contributed by atoms with Gasteiger partial charge in [-0.15, -0.1) is 0 Å². The van der Waals surface area contributed by atoms with Gasteiger partial charge in [0.05, 0.1) is 24.2 Å². The summed E-state index contributed by atoms with van der Waals surface area (Å²) in [5.41, 5.74) is 4.48. The van der Waals surface area contributed by atoms with Crippen LogP contribution in [0.15, 0.2) is 42.5 Å². The second-order valence-corrected chi connectivity index (χ2v) is 6.49. The molecule has 26 heavy (non-hydrogen) atoms. The van der Waals surface area contributed by atoms with E-state index in [1.807, 2.05) is 24.3 Å². The number of carbonyl (C=O) groups excluding carboxylic acids is 1. The molecule has 0 radical (unpaired) electrons. The van der Waals surface area contributed by atoms with Gasteiger partial charge in [-0.1, -0.05) is 29.8 Å². The Morgan fingerprint density at radius 1 is 1.15 bits per heavy atom. The Hall–Kier alpha value is -2.82. The van der Waals surface area contributed by atoms with E-state index >= 15 is 0 Å². The van der Waals surface area contributed by atoms with E-state index in [1.165, 1.54) is 11.1 Å². The van der Waals surface area contributed by atoms with E-state index in [1.54, 1.807) is 0 Å². The maximum absolute atomic E-state index is 10.6. The molecular formula is C21H25N3O2. The monoisotopic (exact) mass is 351 g/mol. The van der Waals surface area contributed by atoms with E-state index in [0.717, 1.165) is 42.0 Å². The minimum absolute atomic E-state index is 0.442.